The molecule has 2 heteroatoms. The van der Waals surface area contributed by atoms with Gasteiger partial charge in [-0.15, -0.1) is 0 Å². The van der Waals surface area contributed by atoms with Gasteiger partial charge in [-0.1, -0.05) is 42.0 Å². The lowest BCUT2D eigenvalue weighted by Crippen LogP contribution is -2.31. The average molecular weight is 253 g/mol. The van der Waals surface area contributed by atoms with Crippen LogP contribution in [0.2, 0.25) is 0 Å². The fourth-order valence-corrected chi connectivity index (χ4v) is 2.92. The number of hydrogen-bond acceptors (Lipinski definition) is 2. The molecule has 0 aromatic heterocycles. The van der Waals surface area contributed by atoms with Gasteiger partial charge in [0.05, 0.1) is 0 Å². The highest BCUT2D eigenvalue weighted by molar-refractivity contribution is 5.74. The Bertz CT molecular complexity index is 525. The fourth-order valence-electron chi connectivity index (χ4n) is 2.92. The molecule has 0 spiro atoms. The van der Waals surface area contributed by atoms with E-state index in [2.05, 4.69) is 29.2 Å². The van der Waals surface area contributed by atoms with Crippen LogP contribution in [0.4, 0.5) is 0 Å². The number of carbonyl (C=O) groups excluding carboxylic acids is 1. The highest BCUT2D eigenvalue weighted by Gasteiger charge is 2.18. The van der Waals surface area contributed by atoms with Crippen LogP contribution in [0, 0.1) is 0 Å². The summed E-state index contributed by atoms with van der Waals surface area (Å²) in [5.41, 5.74) is 5.23. The molecule has 0 radical (unpaired) electrons. The van der Waals surface area contributed by atoms with Gasteiger partial charge in [0, 0.05) is 25.2 Å². The predicted octanol–water partition coefficient (Wildman–Crippen LogP) is 3.35. The van der Waals surface area contributed by atoms with Gasteiger partial charge in [-0.2, -0.15) is 0 Å². The van der Waals surface area contributed by atoms with Gasteiger partial charge in [0.1, 0.15) is 6.29 Å². The first-order valence-corrected chi connectivity index (χ1v) is 6.99. The average Bonchev–Trinajstić information content (AvgIpc) is 2.48. The number of aldehydes is 1. The summed E-state index contributed by atoms with van der Waals surface area (Å²) >= 11 is 0. The van der Waals surface area contributed by atoms with Crippen molar-refractivity contribution in [3.63, 3.8) is 0 Å². The minimum atomic E-state index is 0.752. The molecule has 2 aliphatic rings. The van der Waals surface area contributed by atoms with Crippen LogP contribution in [0.1, 0.15) is 35.2 Å². The first kappa shape index (κ1) is 12.4. The topological polar surface area (TPSA) is 20.3 Å². The third kappa shape index (κ3) is 2.85. The maximum Gasteiger partial charge on any atom is 0.150 e. The minimum absolute atomic E-state index is 0.752. The quantitative estimate of drug-likeness (QED) is 0.770. The number of nitrogens with zero attached hydrogens (tertiary/aromatic N) is 1. The third-order valence-corrected chi connectivity index (χ3v) is 4.03. The zero-order valence-corrected chi connectivity index (χ0v) is 11.1. The Morgan fingerprint density at radius 2 is 2.00 bits per heavy atom. The zero-order chi connectivity index (χ0) is 13.1. The van der Waals surface area contributed by atoms with E-state index in [1.54, 1.807) is 5.57 Å². The smallest absolute Gasteiger partial charge is 0.150 e. The largest absolute Gasteiger partial charge is 0.298 e. The highest BCUT2D eigenvalue weighted by atomic mass is 16.1. The van der Waals surface area contributed by atoms with Gasteiger partial charge < -0.3 is 0 Å². The Kier molecular flexibility index (Phi) is 3.60. The van der Waals surface area contributed by atoms with Crippen LogP contribution >= 0.6 is 0 Å². The van der Waals surface area contributed by atoms with Gasteiger partial charge in [-0.05, 0) is 30.4 Å². The molecule has 1 aliphatic heterocycles. The van der Waals surface area contributed by atoms with E-state index in [-0.39, 0.29) is 0 Å². The molecule has 0 amide bonds. The molecular weight excluding hydrogens is 234 g/mol. The molecule has 98 valence electrons. The lowest BCUT2D eigenvalue weighted by molar-refractivity contribution is 0.112. The van der Waals surface area contributed by atoms with Crippen molar-refractivity contribution in [2.24, 2.45) is 0 Å². The summed E-state index contributed by atoms with van der Waals surface area (Å²) in [6, 6.07) is 7.92. The maximum absolute atomic E-state index is 10.6. The van der Waals surface area contributed by atoms with Crippen LogP contribution in [-0.4, -0.2) is 24.3 Å². The Morgan fingerprint density at radius 1 is 1.16 bits per heavy atom. The van der Waals surface area contributed by atoms with Crippen LogP contribution in [0.15, 0.2) is 47.6 Å². The normalized spacial score (nSPS) is 19.4. The van der Waals surface area contributed by atoms with Crippen molar-refractivity contribution in [1.29, 1.82) is 0 Å². The van der Waals surface area contributed by atoms with Crippen LogP contribution in [0.5, 0.6) is 0 Å². The Morgan fingerprint density at radius 3 is 2.79 bits per heavy atom. The lowest BCUT2D eigenvalue weighted by Gasteiger charge is -2.31. The second-order valence-electron chi connectivity index (χ2n) is 5.39. The van der Waals surface area contributed by atoms with E-state index in [0.29, 0.717) is 0 Å². The van der Waals surface area contributed by atoms with Crippen molar-refractivity contribution >= 4 is 6.29 Å². The second kappa shape index (κ2) is 5.54. The maximum atomic E-state index is 10.6. The van der Waals surface area contributed by atoms with Crippen molar-refractivity contribution < 1.29 is 4.79 Å². The number of carbonyl (C=O) groups is 1. The summed E-state index contributed by atoms with van der Waals surface area (Å²) in [4.78, 5) is 13.1. The molecule has 2 nitrogen and oxygen atoms in total. The van der Waals surface area contributed by atoms with Gasteiger partial charge in [0.15, 0.2) is 0 Å². The Hall–Kier alpha value is -1.67. The molecule has 0 atom stereocenters. The highest BCUT2D eigenvalue weighted by Crippen LogP contribution is 2.27. The zero-order valence-electron chi connectivity index (χ0n) is 11.1. The van der Waals surface area contributed by atoms with Crippen molar-refractivity contribution in [2.45, 2.75) is 25.8 Å². The van der Waals surface area contributed by atoms with Gasteiger partial charge in [0.25, 0.3) is 0 Å². The van der Waals surface area contributed by atoms with Gasteiger partial charge in [-0.25, -0.2) is 0 Å². The third-order valence-electron chi connectivity index (χ3n) is 4.03. The summed E-state index contributed by atoms with van der Waals surface area (Å²) in [6.45, 7) is 3.20. The van der Waals surface area contributed by atoms with Crippen LogP contribution in [0.3, 0.4) is 0 Å². The molecule has 0 saturated carbocycles. The van der Waals surface area contributed by atoms with E-state index >= 15 is 0 Å². The number of allylic oxidation sites excluding steroid dienone is 1. The van der Waals surface area contributed by atoms with Gasteiger partial charge in [0.2, 0.25) is 0 Å². The van der Waals surface area contributed by atoms with E-state index in [1.807, 2.05) is 12.1 Å². The fraction of sp³-hybridized carbons (Fsp3) is 0.353. The van der Waals surface area contributed by atoms with Crippen molar-refractivity contribution in [1.82, 2.24) is 4.90 Å². The molecule has 0 N–H and O–H groups in total. The molecule has 1 aromatic rings. The molecule has 1 aliphatic carbocycles. The molecular formula is C17H19NO. The number of benzene rings is 1. The molecule has 0 saturated heterocycles. The summed E-state index contributed by atoms with van der Waals surface area (Å²) in [7, 11) is 0. The SMILES string of the molecule is O=Cc1ccc(CN2CCC3=C(C=CCC3)C2)cc1. The standard InChI is InChI=1S/C17H19NO/c19-13-15-7-5-14(6-8-15)11-18-10-9-16-3-1-2-4-17(16)12-18/h2,4-8,13H,1,3,9-12H2. The molecule has 3 rings (SSSR count). The van der Waals surface area contributed by atoms with Crippen molar-refractivity contribution in [3.05, 3.63) is 58.7 Å². The molecule has 0 fully saturated rings. The first-order chi connectivity index (χ1) is 9.35. The molecule has 19 heavy (non-hydrogen) atoms. The molecule has 0 unspecified atom stereocenters. The van der Waals surface area contributed by atoms with E-state index < -0.39 is 0 Å². The Balaban J connectivity index is 1.66. The van der Waals surface area contributed by atoms with Crippen LogP contribution < -0.4 is 0 Å². The van der Waals surface area contributed by atoms with Crippen molar-refractivity contribution in [3.8, 4) is 0 Å². The summed E-state index contributed by atoms with van der Waals surface area (Å²) in [6.07, 6.45) is 9.18. The van der Waals surface area contributed by atoms with Gasteiger partial charge >= 0.3 is 0 Å². The number of rotatable bonds is 3. The molecule has 1 aromatic carbocycles. The number of hydrogen-bond donors (Lipinski definition) is 0. The van der Waals surface area contributed by atoms with E-state index in [9.17, 15) is 4.79 Å². The van der Waals surface area contributed by atoms with Crippen molar-refractivity contribution in [2.75, 3.05) is 13.1 Å². The molecule has 1 heterocycles. The van der Waals surface area contributed by atoms with E-state index in [4.69, 9.17) is 0 Å². The van der Waals surface area contributed by atoms with Crippen LogP contribution in [-0.2, 0) is 6.54 Å². The second-order valence-corrected chi connectivity index (χ2v) is 5.39. The first-order valence-electron chi connectivity index (χ1n) is 6.99. The van der Waals surface area contributed by atoms with E-state index in [0.717, 1.165) is 31.5 Å². The summed E-state index contributed by atoms with van der Waals surface area (Å²) < 4.78 is 0. The lowest BCUT2D eigenvalue weighted by atomic mass is 9.91. The minimum Gasteiger partial charge on any atom is -0.298 e. The van der Waals surface area contributed by atoms with E-state index in [1.165, 1.54) is 30.4 Å². The van der Waals surface area contributed by atoms with Crippen LogP contribution in [0.25, 0.3) is 0 Å². The van der Waals surface area contributed by atoms with Gasteiger partial charge in [-0.3, -0.25) is 9.69 Å². The summed E-state index contributed by atoms with van der Waals surface area (Å²) in [5, 5.41) is 0. The molecule has 0 bridgehead atoms. The summed E-state index contributed by atoms with van der Waals surface area (Å²) in [5.74, 6) is 0. The Labute approximate surface area is 114 Å². The monoisotopic (exact) mass is 253 g/mol. The predicted molar refractivity (Wildman–Crippen MR) is 77.1 cm³/mol.